The van der Waals surface area contributed by atoms with E-state index in [9.17, 15) is 0 Å². The number of hydrogen-bond donors (Lipinski definition) is 0. The fourth-order valence-electron chi connectivity index (χ4n) is 10.4. The second-order valence-corrected chi connectivity index (χ2v) is 19.7. The van der Waals surface area contributed by atoms with Gasteiger partial charge in [0.2, 0.25) is 0 Å². The standard InChI is InChI=1S/C60H44N6S2/c1-37-47(39-29-33-45(34-30-39)65-51-21-7-3-13-41(51)25-26-42-14-4-8-22-52(42)65)17-11-19-49(37)57-62-55-59(67-57)64-60-56(61-55)63-58(68-60)50-20-12-18-48(38(50)2)40-31-35-46(36-32-40)66-53-23-9-5-15-43(53)27-28-44-16-6-10-24-54(44)66/h3-24,29-36H,25-28H2,1-2H3. The lowest BCUT2D eigenvalue weighted by Gasteiger charge is -2.27. The zero-order chi connectivity index (χ0) is 45.3. The Labute approximate surface area is 403 Å². The molecule has 8 aromatic carbocycles. The molecule has 2 aliphatic rings. The van der Waals surface area contributed by atoms with Gasteiger partial charge in [-0.15, -0.1) is 0 Å². The molecule has 6 nitrogen and oxygen atoms in total. The number of rotatable bonds is 6. The fourth-order valence-corrected chi connectivity index (χ4v) is 12.4. The van der Waals surface area contributed by atoms with Crippen molar-refractivity contribution >= 4 is 77.8 Å². The number of fused-ring (bicyclic) bond motifs is 6. The van der Waals surface area contributed by atoms with Crippen molar-refractivity contribution in [2.45, 2.75) is 39.5 Å². The van der Waals surface area contributed by atoms with Crippen LogP contribution in [0.2, 0.25) is 0 Å². The third-order valence-electron chi connectivity index (χ3n) is 13.9. The van der Waals surface area contributed by atoms with Crippen LogP contribution in [0.5, 0.6) is 0 Å². The first-order valence-corrected chi connectivity index (χ1v) is 24.9. The minimum atomic E-state index is 0.627. The molecule has 8 heteroatoms. The Balaban J connectivity index is 0.782. The topological polar surface area (TPSA) is 58.0 Å². The fraction of sp³-hybridized carbons (Fsp3) is 0.100. The molecule has 0 N–H and O–H groups in total. The quantitative estimate of drug-likeness (QED) is 0.166. The number of aromatic nitrogens is 4. The van der Waals surface area contributed by atoms with Crippen LogP contribution >= 0.6 is 22.7 Å². The first kappa shape index (κ1) is 40.5. The lowest BCUT2D eigenvalue weighted by Crippen LogP contribution is -2.11. The van der Waals surface area contributed by atoms with E-state index in [1.165, 1.54) is 78.4 Å². The zero-order valence-electron chi connectivity index (χ0n) is 37.6. The Kier molecular flexibility index (Phi) is 9.84. The molecule has 5 heterocycles. The van der Waals surface area contributed by atoms with E-state index >= 15 is 0 Å². The van der Waals surface area contributed by atoms with Crippen LogP contribution in [0, 0.1) is 13.8 Å². The van der Waals surface area contributed by atoms with E-state index in [4.69, 9.17) is 19.9 Å². The summed E-state index contributed by atoms with van der Waals surface area (Å²) >= 11 is 3.18. The number of thiazole rings is 2. The van der Waals surface area contributed by atoms with E-state index in [0.29, 0.717) is 11.3 Å². The highest BCUT2D eigenvalue weighted by Crippen LogP contribution is 2.45. The van der Waals surface area contributed by atoms with Gasteiger partial charge in [-0.3, -0.25) is 0 Å². The third-order valence-corrected chi connectivity index (χ3v) is 15.8. The summed E-state index contributed by atoms with van der Waals surface area (Å²) in [6.07, 6.45) is 4.10. The average molecular weight is 913 g/mol. The summed E-state index contributed by atoms with van der Waals surface area (Å²) in [4.78, 5) is 26.7. The molecule has 11 aromatic rings. The predicted molar refractivity (Wildman–Crippen MR) is 284 cm³/mol. The molecule has 0 radical (unpaired) electrons. The van der Waals surface area contributed by atoms with Gasteiger partial charge in [0.15, 0.2) is 21.0 Å². The molecule has 0 amide bonds. The van der Waals surface area contributed by atoms with Gasteiger partial charge in [-0.2, -0.15) is 0 Å². The van der Waals surface area contributed by atoms with E-state index < -0.39 is 0 Å². The highest BCUT2D eigenvalue weighted by Gasteiger charge is 2.25. The van der Waals surface area contributed by atoms with Gasteiger partial charge in [0, 0.05) is 45.3 Å². The summed E-state index contributed by atoms with van der Waals surface area (Å²) < 4.78 is 0. The number of para-hydroxylation sites is 4. The van der Waals surface area contributed by atoms with Crippen molar-refractivity contribution in [3.8, 4) is 43.4 Å². The summed E-state index contributed by atoms with van der Waals surface area (Å²) in [6, 6.07) is 66.2. The number of benzene rings is 8. The smallest absolute Gasteiger partial charge is 0.192 e. The summed E-state index contributed by atoms with van der Waals surface area (Å²) in [6.45, 7) is 4.39. The first-order valence-electron chi connectivity index (χ1n) is 23.3. The zero-order valence-corrected chi connectivity index (χ0v) is 39.3. The monoisotopic (exact) mass is 912 g/mol. The highest BCUT2D eigenvalue weighted by molar-refractivity contribution is 7.23. The van der Waals surface area contributed by atoms with Crippen molar-refractivity contribution in [1.29, 1.82) is 0 Å². The van der Waals surface area contributed by atoms with Gasteiger partial charge in [-0.1, -0.05) is 156 Å². The molecule has 0 fully saturated rings. The molecule has 13 rings (SSSR count). The Bertz CT molecular complexity index is 3350. The largest absolute Gasteiger partial charge is 0.310 e. The minimum Gasteiger partial charge on any atom is -0.310 e. The number of aryl methyl sites for hydroxylation is 4. The number of hydrogen-bond acceptors (Lipinski definition) is 8. The maximum atomic E-state index is 5.12. The lowest BCUT2D eigenvalue weighted by atomic mass is 9.96. The highest BCUT2D eigenvalue weighted by atomic mass is 32.1. The van der Waals surface area contributed by atoms with Gasteiger partial charge in [-0.25, -0.2) is 19.9 Å². The summed E-state index contributed by atoms with van der Waals surface area (Å²) in [7, 11) is 0. The molecule has 0 unspecified atom stereocenters. The van der Waals surface area contributed by atoms with Crippen molar-refractivity contribution in [2.24, 2.45) is 0 Å². The van der Waals surface area contributed by atoms with Crippen LogP contribution in [0.4, 0.5) is 34.1 Å². The Morgan fingerprint density at radius 2 is 0.676 bits per heavy atom. The van der Waals surface area contributed by atoms with Crippen molar-refractivity contribution in [3.63, 3.8) is 0 Å². The Morgan fingerprint density at radius 1 is 0.338 bits per heavy atom. The Hall–Kier alpha value is -7.78. The predicted octanol–water partition coefficient (Wildman–Crippen LogP) is 16.1. The van der Waals surface area contributed by atoms with Crippen molar-refractivity contribution in [2.75, 3.05) is 9.80 Å². The van der Waals surface area contributed by atoms with E-state index in [1.54, 1.807) is 22.7 Å². The summed E-state index contributed by atoms with van der Waals surface area (Å²) in [5.41, 5.74) is 23.2. The van der Waals surface area contributed by atoms with Crippen molar-refractivity contribution in [3.05, 3.63) is 215 Å². The van der Waals surface area contributed by atoms with Gasteiger partial charge in [0.05, 0.1) is 0 Å². The molecule has 0 saturated carbocycles. The van der Waals surface area contributed by atoms with Gasteiger partial charge in [0.25, 0.3) is 0 Å². The third kappa shape index (κ3) is 6.90. The number of anilines is 6. The van der Waals surface area contributed by atoms with E-state index in [-0.39, 0.29) is 0 Å². The summed E-state index contributed by atoms with van der Waals surface area (Å²) in [5.74, 6) is 0. The first-order chi connectivity index (χ1) is 33.5. The van der Waals surface area contributed by atoms with E-state index in [0.717, 1.165) is 67.9 Å². The van der Waals surface area contributed by atoms with Gasteiger partial charge >= 0.3 is 0 Å². The minimum absolute atomic E-state index is 0.627. The molecular formula is C60H44N6S2. The second-order valence-electron chi connectivity index (χ2n) is 17.8. The van der Waals surface area contributed by atoms with Crippen LogP contribution in [0.25, 0.3) is 64.4 Å². The molecule has 3 aromatic heterocycles. The SMILES string of the molecule is Cc1c(-c2ccc(N3c4ccccc4CCc4ccccc43)cc2)cccc1-c1nc2nc3nc(-c4cccc(-c5ccc(N6c7ccccc7CCc7ccccc76)cc5)c4C)sc3nc2s1. The normalized spacial score (nSPS) is 13.1. The second kappa shape index (κ2) is 16.5. The molecule has 0 atom stereocenters. The van der Waals surface area contributed by atoms with Gasteiger partial charge < -0.3 is 9.80 Å². The Morgan fingerprint density at radius 3 is 1.04 bits per heavy atom. The maximum absolute atomic E-state index is 5.12. The molecular weight excluding hydrogens is 869 g/mol. The van der Waals surface area contributed by atoms with Crippen LogP contribution in [0.15, 0.2) is 182 Å². The molecule has 0 bridgehead atoms. The average Bonchev–Trinajstić information content (AvgIpc) is 3.89. The maximum Gasteiger partial charge on any atom is 0.192 e. The molecule has 0 aliphatic carbocycles. The van der Waals surface area contributed by atoms with Crippen molar-refractivity contribution < 1.29 is 0 Å². The number of nitrogens with zero attached hydrogens (tertiary/aromatic N) is 6. The lowest BCUT2D eigenvalue weighted by molar-refractivity contribution is 0.977. The van der Waals surface area contributed by atoms with Crippen LogP contribution in [0.3, 0.4) is 0 Å². The van der Waals surface area contributed by atoms with Crippen LogP contribution in [-0.2, 0) is 25.7 Å². The van der Waals surface area contributed by atoms with Crippen LogP contribution in [0.1, 0.15) is 33.4 Å². The van der Waals surface area contributed by atoms with E-state index in [2.05, 4.69) is 206 Å². The van der Waals surface area contributed by atoms with Gasteiger partial charge in [0.1, 0.15) is 10.0 Å². The molecule has 0 spiro atoms. The molecule has 68 heavy (non-hydrogen) atoms. The van der Waals surface area contributed by atoms with Gasteiger partial charge in [-0.05, 0) is 144 Å². The molecule has 0 saturated heterocycles. The van der Waals surface area contributed by atoms with E-state index in [1.807, 2.05) is 0 Å². The molecule has 2 aliphatic heterocycles. The van der Waals surface area contributed by atoms with Crippen molar-refractivity contribution in [1.82, 2.24) is 19.9 Å². The molecule has 326 valence electrons. The van der Waals surface area contributed by atoms with Crippen LogP contribution in [-0.4, -0.2) is 19.9 Å². The van der Waals surface area contributed by atoms with Crippen LogP contribution < -0.4 is 9.80 Å². The summed E-state index contributed by atoms with van der Waals surface area (Å²) in [5, 5.41) is 1.82.